The molecule has 0 amide bonds. The molecule has 0 atom stereocenters. The lowest BCUT2D eigenvalue weighted by Crippen LogP contribution is -2.12. The van der Waals surface area contributed by atoms with Gasteiger partial charge in [-0.25, -0.2) is 26.7 Å². The Labute approximate surface area is 200 Å². The molecule has 0 aliphatic carbocycles. The Morgan fingerprint density at radius 3 is 2.62 bits per heavy atom. The monoisotopic (exact) mass is 515 g/mol. The van der Waals surface area contributed by atoms with Crippen molar-refractivity contribution in [1.29, 1.82) is 0 Å². The van der Waals surface area contributed by atoms with Crippen LogP contribution in [-0.2, 0) is 16.6 Å². The third kappa shape index (κ3) is 4.67. The zero-order valence-electron chi connectivity index (χ0n) is 16.5. The molecule has 0 bridgehead atoms. The van der Waals surface area contributed by atoms with Gasteiger partial charge in [0.1, 0.15) is 16.8 Å². The van der Waals surface area contributed by atoms with Crippen molar-refractivity contribution in [2.24, 2.45) is 0 Å². The lowest BCUT2D eigenvalue weighted by Gasteiger charge is -2.10. The summed E-state index contributed by atoms with van der Waals surface area (Å²) in [6.07, 6.45) is 3.07. The number of hydrogen-bond donors (Lipinski definition) is 2. The van der Waals surface area contributed by atoms with Gasteiger partial charge in [-0.2, -0.15) is 0 Å². The van der Waals surface area contributed by atoms with E-state index in [1.165, 1.54) is 24.4 Å². The van der Waals surface area contributed by atoms with Gasteiger partial charge in [-0.3, -0.25) is 0 Å². The second-order valence-electron chi connectivity index (χ2n) is 6.63. The Balaban J connectivity index is 0.00000289. The van der Waals surface area contributed by atoms with Crippen LogP contribution in [0.1, 0.15) is 5.56 Å². The first-order valence-electron chi connectivity index (χ1n) is 9.04. The van der Waals surface area contributed by atoms with E-state index < -0.39 is 15.8 Å². The van der Waals surface area contributed by atoms with E-state index in [2.05, 4.69) is 20.6 Å². The minimum atomic E-state index is -4.05. The Morgan fingerprint density at radius 1 is 1.16 bits per heavy atom. The molecule has 0 fully saturated rings. The standard InChI is InChI=1S/C20H16Cl2FN5O2S.ClH/c1-24-9-12-11-28(31(29,30)14-4-2-3-13(23)7-14)17-8-19(25-10-15(12)17)26-16-5-6-18(21)27-20(16)22;/h2-8,10-11,24H,9H2,1H3,(H,25,26);1H. The van der Waals surface area contributed by atoms with E-state index >= 15 is 0 Å². The third-order valence-corrected chi connectivity index (χ3v) is 6.70. The van der Waals surface area contributed by atoms with E-state index in [1.807, 2.05) is 0 Å². The molecule has 0 aliphatic heterocycles. The van der Waals surface area contributed by atoms with E-state index in [4.69, 9.17) is 23.2 Å². The van der Waals surface area contributed by atoms with Crippen molar-refractivity contribution in [3.8, 4) is 0 Å². The number of hydrogen-bond acceptors (Lipinski definition) is 6. The van der Waals surface area contributed by atoms with Crippen LogP contribution in [0.2, 0.25) is 10.3 Å². The average molecular weight is 517 g/mol. The highest BCUT2D eigenvalue weighted by Gasteiger charge is 2.22. The molecule has 0 aliphatic rings. The first kappa shape index (κ1) is 24.2. The van der Waals surface area contributed by atoms with Crippen LogP contribution in [0.25, 0.3) is 10.9 Å². The highest BCUT2D eigenvalue weighted by atomic mass is 35.5. The first-order chi connectivity index (χ1) is 14.8. The van der Waals surface area contributed by atoms with E-state index in [0.717, 1.165) is 15.6 Å². The predicted octanol–water partition coefficient (Wildman–Crippen LogP) is 5.00. The molecule has 12 heteroatoms. The number of pyridine rings is 2. The number of aromatic nitrogens is 3. The molecule has 168 valence electrons. The van der Waals surface area contributed by atoms with Crippen LogP contribution in [0.3, 0.4) is 0 Å². The molecule has 0 saturated heterocycles. The normalized spacial score (nSPS) is 11.4. The number of anilines is 2. The van der Waals surface area contributed by atoms with E-state index in [9.17, 15) is 12.8 Å². The summed E-state index contributed by atoms with van der Waals surface area (Å²) in [6, 6.07) is 9.66. The van der Waals surface area contributed by atoms with E-state index in [0.29, 0.717) is 29.0 Å². The fourth-order valence-electron chi connectivity index (χ4n) is 3.14. The summed E-state index contributed by atoms with van der Waals surface area (Å²) in [5, 5.41) is 7.05. The van der Waals surface area contributed by atoms with Crippen molar-refractivity contribution in [3.63, 3.8) is 0 Å². The van der Waals surface area contributed by atoms with Gasteiger partial charge in [-0.1, -0.05) is 29.3 Å². The maximum Gasteiger partial charge on any atom is 0.268 e. The molecule has 0 saturated carbocycles. The highest BCUT2D eigenvalue weighted by molar-refractivity contribution is 7.90. The van der Waals surface area contributed by atoms with Gasteiger partial charge in [-0.15, -0.1) is 12.4 Å². The summed E-state index contributed by atoms with van der Waals surface area (Å²) in [5.41, 5.74) is 1.56. The van der Waals surface area contributed by atoms with Crippen molar-refractivity contribution < 1.29 is 12.8 Å². The van der Waals surface area contributed by atoms with Gasteiger partial charge in [0.15, 0.2) is 5.15 Å². The third-order valence-electron chi connectivity index (χ3n) is 4.54. The van der Waals surface area contributed by atoms with Crippen LogP contribution in [0.5, 0.6) is 0 Å². The molecule has 2 N–H and O–H groups in total. The Bertz CT molecular complexity index is 1400. The minimum Gasteiger partial charge on any atom is -0.338 e. The molecule has 4 aromatic rings. The maximum absolute atomic E-state index is 13.7. The number of rotatable bonds is 6. The lowest BCUT2D eigenvalue weighted by molar-refractivity contribution is 0.584. The molecule has 0 unspecified atom stereocenters. The molecule has 32 heavy (non-hydrogen) atoms. The van der Waals surface area contributed by atoms with Crippen molar-refractivity contribution in [3.05, 3.63) is 76.5 Å². The molecule has 0 radical (unpaired) electrons. The van der Waals surface area contributed by atoms with Crippen LogP contribution in [0.4, 0.5) is 15.9 Å². The molecule has 7 nitrogen and oxygen atoms in total. The Kier molecular flexibility index (Phi) is 7.26. The summed E-state index contributed by atoms with van der Waals surface area (Å²) in [6.45, 7) is 0.420. The lowest BCUT2D eigenvalue weighted by atomic mass is 10.2. The van der Waals surface area contributed by atoms with Gasteiger partial charge in [0.25, 0.3) is 10.0 Å². The molecule has 4 rings (SSSR count). The quantitative estimate of drug-likeness (QED) is 0.351. The topological polar surface area (TPSA) is 88.9 Å². The highest BCUT2D eigenvalue weighted by Crippen LogP contribution is 2.30. The molecule has 1 aromatic carbocycles. The molecule has 0 spiro atoms. The van der Waals surface area contributed by atoms with Crippen LogP contribution in [-0.4, -0.2) is 29.4 Å². The smallest absolute Gasteiger partial charge is 0.268 e. The summed E-state index contributed by atoms with van der Waals surface area (Å²) >= 11 is 11.9. The van der Waals surface area contributed by atoms with Gasteiger partial charge in [0, 0.05) is 30.4 Å². The molecule has 3 heterocycles. The van der Waals surface area contributed by atoms with Crippen molar-refractivity contribution in [1.82, 2.24) is 19.3 Å². The van der Waals surface area contributed by atoms with Crippen LogP contribution in [0.15, 0.2) is 59.8 Å². The molecular weight excluding hydrogens is 500 g/mol. The van der Waals surface area contributed by atoms with Gasteiger partial charge in [-0.05, 0) is 42.9 Å². The fraction of sp³-hybridized carbons (Fsp3) is 0.100. The van der Waals surface area contributed by atoms with Gasteiger partial charge < -0.3 is 10.6 Å². The second kappa shape index (κ2) is 9.60. The number of nitrogens with zero attached hydrogens (tertiary/aromatic N) is 3. The Morgan fingerprint density at radius 2 is 1.94 bits per heavy atom. The number of benzene rings is 1. The van der Waals surface area contributed by atoms with Crippen LogP contribution < -0.4 is 10.6 Å². The number of halogens is 4. The van der Waals surface area contributed by atoms with Crippen molar-refractivity contribution in [2.75, 3.05) is 12.4 Å². The first-order valence-corrected chi connectivity index (χ1v) is 11.2. The Hall–Kier alpha value is -2.43. The zero-order valence-corrected chi connectivity index (χ0v) is 19.7. The summed E-state index contributed by atoms with van der Waals surface area (Å²) in [5.74, 6) is -0.287. The molecule has 3 aromatic heterocycles. The van der Waals surface area contributed by atoms with Crippen molar-refractivity contribution in [2.45, 2.75) is 11.4 Å². The maximum atomic E-state index is 13.7. The summed E-state index contributed by atoms with van der Waals surface area (Å²) < 4.78 is 41.4. The number of fused-ring (bicyclic) bond motifs is 1. The van der Waals surface area contributed by atoms with E-state index in [-0.39, 0.29) is 27.6 Å². The fourth-order valence-corrected chi connectivity index (χ4v) is 4.95. The second-order valence-corrected chi connectivity index (χ2v) is 9.19. The summed E-state index contributed by atoms with van der Waals surface area (Å²) in [7, 11) is -2.30. The van der Waals surface area contributed by atoms with Crippen molar-refractivity contribution >= 4 is 68.0 Å². The SMILES string of the molecule is CNCc1cn(S(=O)(=O)c2cccc(F)c2)c2cc(Nc3ccc(Cl)nc3Cl)ncc12.Cl. The average Bonchev–Trinajstić information content (AvgIpc) is 3.09. The number of nitrogens with one attached hydrogen (secondary N) is 2. The van der Waals surface area contributed by atoms with Gasteiger partial charge >= 0.3 is 0 Å². The predicted molar refractivity (Wildman–Crippen MR) is 126 cm³/mol. The van der Waals surface area contributed by atoms with Gasteiger partial charge in [0.2, 0.25) is 0 Å². The van der Waals surface area contributed by atoms with E-state index in [1.54, 1.807) is 31.4 Å². The zero-order chi connectivity index (χ0) is 22.2. The van der Waals surface area contributed by atoms with Gasteiger partial charge in [0.05, 0.1) is 16.1 Å². The largest absolute Gasteiger partial charge is 0.338 e. The molecular formula is C20H17Cl3FN5O2S. The van der Waals surface area contributed by atoms with Crippen LogP contribution >= 0.6 is 35.6 Å². The minimum absolute atomic E-state index is 0. The summed E-state index contributed by atoms with van der Waals surface area (Å²) in [4.78, 5) is 8.17. The van der Waals surface area contributed by atoms with Crippen LogP contribution in [0, 0.1) is 5.82 Å².